The summed E-state index contributed by atoms with van der Waals surface area (Å²) in [6.07, 6.45) is 0.755. The highest BCUT2D eigenvalue weighted by atomic mass is 16.4. The number of carbonyl (C=O) groups excluding carboxylic acids is 1. The first-order chi connectivity index (χ1) is 16.9. The highest BCUT2D eigenvalue weighted by Crippen LogP contribution is 2.34. The van der Waals surface area contributed by atoms with Gasteiger partial charge in [0, 0.05) is 28.7 Å². The van der Waals surface area contributed by atoms with Gasteiger partial charge in [-0.25, -0.2) is 0 Å². The molecule has 9 heteroatoms. The van der Waals surface area contributed by atoms with Crippen molar-refractivity contribution in [2.75, 3.05) is 11.9 Å². The van der Waals surface area contributed by atoms with Crippen molar-refractivity contribution < 1.29 is 23.5 Å². The van der Waals surface area contributed by atoms with E-state index < -0.39 is 5.97 Å². The van der Waals surface area contributed by atoms with Crippen LogP contribution in [0.15, 0.2) is 57.4 Å². The van der Waals surface area contributed by atoms with Gasteiger partial charge >= 0.3 is 5.97 Å². The van der Waals surface area contributed by atoms with Gasteiger partial charge in [0.25, 0.3) is 11.8 Å². The van der Waals surface area contributed by atoms with E-state index in [9.17, 15) is 9.59 Å². The lowest BCUT2D eigenvalue weighted by Gasteiger charge is -2.22. The monoisotopic (exact) mass is 476 g/mol. The lowest BCUT2D eigenvalue weighted by molar-refractivity contribution is -0.136. The van der Waals surface area contributed by atoms with Crippen molar-refractivity contribution in [2.24, 2.45) is 5.92 Å². The highest BCUT2D eigenvalue weighted by Gasteiger charge is 2.26. The number of aromatic nitrogens is 2. The molecule has 0 aliphatic carbocycles. The fraction of sp³-hybridized carbons (Fsp3) is 0.308. The molecule has 2 unspecified atom stereocenters. The molecule has 3 N–H and O–H groups in total. The molecule has 0 saturated carbocycles. The molecular formula is C26H28N4O5. The number of nitrogens with zero attached hydrogens (tertiary/aromatic N) is 2. The van der Waals surface area contributed by atoms with Crippen LogP contribution in [0.5, 0.6) is 0 Å². The summed E-state index contributed by atoms with van der Waals surface area (Å²) in [6.45, 7) is 6.23. The van der Waals surface area contributed by atoms with Gasteiger partial charge in [0.1, 0.15) is 11.6 Å². The zero-order chi connectivity index (χ0) is 24.9. The number of aliphatic carboxylic acids is 1. The predicted octanol–water partition coefficient (Wildman–Crippen LogP) is 5.20. The number of carboxylic acid groups (broad SMARTS) is 1. The van der Waals surface area contributed by atoms with E-state index in [4.69, 9.17) is 13.9 Å². The van der Waals surface area contributed by atoms with Crippen LogP contribution >= 0.6 is 0 Å². The zero-order valence-corrected chi connectivity index (χ0v) is 19.9. The van der Waals surface area contributed by atoms with Gasteiger partial charge in [-0.1, -0.05) is 38.5 Å². The van der Waals surface area contributed by atoms with E-state index in [1.165, 1.54) is 0 Å². The van der Waals surface area contributed by atoms with Crippen LogP contribution in [0.25, 0.3) is 22.6 Å². The summed E-state index contributed by atoms with van der Waals surface area (Å²) in [5.74, 6) is 0.242. The maximum atomic E-state index is 12.2. The molecule has 0 aliphatic heterocycles. The molecule has 0 aliphatic rings. The Morgan fingerprint density at radius 1 is 1.06 bits per heavy atom. The number of para-hydroxylation sites is 1. The van der Waals surface area contributed by atoms with Crippen LogP contribution in [0.2, 0.25) is 0 Å². The van der Waals surface area contributed by atoms with Gasteiger partial charge in [-0.2, -0.15) is 0 Å². The number of nitrogens with one attached hydrogen (secondary N) is 2. The Balaban J connectivity index is 1.51. The quantitative estimate of drug-likeness (QED) is 0.285. The summed E-state index contributed by atoms with van der Waals surface area (Å²) in [7, 11) is 0. The van der Waals surface area contributed by atoms with Gasteiger partial charge in [-0.15, -0.1) is 10.2 Å². The molecule has 2 heterocycles. The van der Waals surface area contributed by atoms with Crippen molar-refractivity contribution in [1.82, 2.24) is 15.5 Å². The number of benzene rings is 2. The topological polar surface area (TPSA) is 130 Å². The van der Waals surface area contributed by atoms with Crippen LogP contribution in [0.1, 0.15) is 54.5 Å². The van der Waals surface area contributed by atoms with Gasteiger partial charge in [-0.3, -0.25) is 9.59 Å². The summed E-state index contributed by atoms with van der Waals surface area (Å²) >= 11 is 0. The summed E-state index contributed by atoms with van der Waals surface area (Å²) < 4.78 is 12.0. The van der Waals surface area contributed by atoms with E-state index in [1.807, 2.05) is 31.2 Å². The maximum absolute atomic E-state index is 12.2. The van der Waals surface area contributed by atoms with E-state index in [1.54, 1.807) is 24.3 Å². The Hall–Kier alpha value is -4.14. The average molecular weight is 477 g/mol. The SMILES string of the molecule is CCC(C)C(Nc1ccc(C(=O)NCCC(=O)O)cc1)c1nnc(-c2oc3ccccc3c2C)o1. The standard InChI is InChI=1S/C26H28N4O5/c1-4-15(2)22(28-18-11-9-17(10-12-18)24(33)27-14-13-21(31)32)25-29-30-26(35-25)23-16(3)19-7-5-6-8-20(19)34-23/h5-12,15,22,28H,4,13-14H2,1-3H3,(H,27,33)(H,31,32). The Morgan fingerprint density at radius 3 is 2.49 bits per heavy atom. The molecule has 0 radical (unpaired) electrons. The number of furan rings is 1. The Labute approximate surface area is 202 Å². The molecule has 4 rings (SSSR count). The van der Waals surface area contributed by atoms with Crippen LogP contribution < -0.4 is 10.6 Å². The minimum absolute atomic E-state index is 0.0778. The van der Waals surface area contributed by atoms with E-state index in [0.717, 1.165) is 28.6 Å². The Bertz CT molecular complexity index is 1330. The molecule has 0 bridgehead atoms. The Morgan fingerprint density at radius 2 is 1.80 bits per heavy atom. The van der Waals surface area contributed by atoms with Gasteiger partial charge in [0.05, 0.1) is 6.42 Å². The van der Waals surface area contributed by atoms with E-state index in [2.05, 4.69) is 34.7 Å². The van der Waals surface area contributed by atoms with Crippen molar-refractivity contribution in [3.05, 3.63) is 65.5 Å². The smallest absolute Gasteiger partial charge is 0.305 e. The second kappa shape index (κ2) is 10.4. The third-order valence-corrected chi connectivity index (χ3v) is 6.05. The second-order valence-corrected chi connectivity index (χ2v) is 8.48. The number of fused-ring (bicyclic) bond motifs is 1. The fourth-order valence-electron chi connectivity index (χ4n) is 3.80. The second-order valence-electron chi connectivity index (χ2n) is 8.48. The van der Waals surface area contributed by atoms with Crippen LogP contribution in [0.4, 0.5) is 5.69 Å². The molecule has 0 fully saturated rings. The van der Waals surface area contributed by atoms with Gasteiger partial charge in [0.2, 0.25) is 5.89 Å². The van der Waals surface area contributed by atoms with Crippen LogP contribution in [-0.2, 0) is 4.79 Å². The number of hydrogen-bond acceptors (Lipinski definition) is 7. The predicted molar refractivity (Wildman–Crippen MR) is 131 cm³/mol. The number of hydrogen-bond donors (Lipinski definition) is 3. The molecule has 182 valence electrons. The first-order valence-corrected chi connectivity index (χ1v) is 11.6. The summed E-state index contributed by atoms with van der Waals surface area (Å²) in [4.78, 5) is 22.8. The molecule has 4 aromatic rings. The van der Waals surface area contributed by atoms with Crippen molar-refractivity contribution in [3.63, 3.8) is 0 Å². The molecule has 35 heavy (non-hydrogen) atoms. The van der Waals surface area contributed by atoms with E-state index >= 15 is 0 Å². The van der Waals surface area contributed by atoms with Crippen molar-refractivity contribution in [1.29, 1.82) is 0 Å². The number of carbonyl (C=O) groups is 2. The molecule has 1 amide bonds. The average Bonchev–Trinajstić information content (AvgIpc) is 3.47. The van der Waals surface area contributed by atoms with E-state index in [0.29, 0.717) is 23.1 Å². The van der Waals surface area contributed by atoms with Crippen molar-refractivity contribution >= 4 is 28.5 Å². The first-order valence-electron chi connectivity index (χ1n) is 11.6. The number of amides is 1. The zero-order valence-electron chi connectivity index (χ0n) is 19.9. The lowest BCUT2D eigenvalue weighted by atomic mass is 9.98. The summed E-state index contributed by atoms with van der Waals surface area (Å²) in [5, 5.41) is 24.3. The molecule has 2 aromatic heterocycles. The van der Waals surface area contributed by atoms with Gasteiger partial charge in [0.15, 0.2) is 5.76 Å². The molecule has 9 nitrogen and oxygen atoms in total. The minimum Gasteiger partial charge on any atom is -0.481 e. The summed E-state index contributed by atoms with van der Waals surface area (Å²) in [5.41, 5.74) is 2.95. The molecule has 2 aromatic carbocycles. The number of anilines is 1. The fourth-order valence-corrected chi connectivity index (χ4v) is 3.80. The first kappa shape index (κ1) is 24.0. The summed E-state index contributed by atoms with van der Waals surface area (Å²) in [6, 6.07) is 14.5. The largest absolute Gasteiger partial charge is 0.481 e. The molecule has 0 saturated heterocycles. The van der Waals surface area contributed by atoms with Gasteiger partial charge in [-0.05, 0) is 43.2 Å². The highest BCUT2D eigenvalue weighted by molar-refractivity contribution is 5.94. The maximum Gasteiger partial charge on any atom is 0.305 e. The third-order valence-electron chi connectivity index (χ3n) is 6.05. The lowest BCUT2D eigenvalue weighted by Crippen LogP contribution is -2.26. The van der Waals surface area contributed by atoms with E-state index in [-0.39, 0.29) is 30.8 Å². The Kier molecular flexibility index (Phi) is 7.14. The van der Waals surface area contributed by atoms with Crippen molar-refractivity contribution in [2.45, 2.75) is 39.7 Å². The van der Waals surface area contributed by atoms with Crippen LogP contribution in [-0.4, -0.2) is 33.7 Å². The molecule has 2 atom stereocenters. The molecular weight excluding hydrogens is 448 g/mol. The molecule has 0 spiro atoms. The van der Waals surface area contributed by atoms with Gasteiger partial charge < -0.3 is 24.6 Å². The van der Waals surface area contributed by atoms with Crippen LogP contribution in [0, 0.1) is 12.8 Å². The minimum atomic E-state index is -0.958. The third kappa shape index (κ3) is 5.34. The number of carboxylic acids is 1. The number of rotatable bonds is 10. The normalized spacial score (nSPS) is 12.9. The van der Waals surface area contributed by atoms with Crippen molar-refractivity contribution in [3.8, 4) is 11.7 Å². The number of aryl methyl sites for hydroxylation is 1. The van der Waals surface area contributed by atoms with Crippen LogP contribution in [0.3, 0.4) is 0 Å².